The van der Waals surface area contributed by atoms with Gasteiger partial charge in [0.1, 0.15) is 0 Å². The smallest absolute Gasteiger partial charge is 0.0553 e. The van der Waals surface area contributed by atoms with Crippen molar-refractivity contribution in [2.45, 2.75) is 18.6 Å². The standard InChI is InChI=1S/C7H17NOS/c1-3-7(6-8)10-5-4-9-2/h7H,3-6,8H2,1-2H3. The minimum Gasteiger partial charge on any atom is -0.384 e. The molecule has 0 aliphatic carbocycles. The third-order valence-electron chi connectivity index (χ3n) is 1.36. The lowest BCUT2D eigenvalue weighted by atomic mass is 10.3. The summed E-state index contributed by atoms with van der Waals surface area (Å²) in [6.07, 6.45) is 1.16. The van der Waals surface area contributed by atoms with E-state index in [1.165, 1.54) is 0 Å². The zero-order valence-electron chi connectivity index (χ0n) is 6.80. The molecule has 0 saturated heterocycles. The van der Waals surface area contributed by atoms with E-state index in [1.54, 1.807) is 7.11 Å². The van der Waals surface area contributed by atoms with Crippen LogP contribution in [0.15, 0.2) is 0 Å². The van der Waals surface area contributed by atoms with Crippen LogP contribution >= 0.6 is 11.8 Å². The highest BCUT2D eigenvalue weighted by Crippen LogP contribution is 2.11. The Bertz CT molecular complexity index is 66.6. The number of thioether (sulfide) groups is 1. The molecule has 0 heterocycles. The fourth-order valence-corrected chi connectivity index (χ4v) is 1.62. The van der Waals surface area contributed by atoms with Crippen molar-refractivity contribution in [1.29, 1.82) is 0 Å². The lowest BCUT2D eigenvalue weighted by Crippen LogP contribution is -2.16. The van der Waals surface area contributed by atoms with E-state index in [0.29, 0.717) is 5.25 Å². The zero-order chi connectivity index (χ0) is 7.82. The molecule has 2 nitrogen and oxygen atoms in total. The molecule has 0 rings (SSSR count). The molecular formula is C7H17NOS. The summed E-state index contributed by atoms with van der Waals surface area (Å²) in [5, 5.41) is 0.621. The highest BCUT2D eigenvalue weighted by atomic mass is 32.2. The van der Waals surface area contributed by atoms with Gasteiger partial charge in [0.15, 0.2) is 0 Å². The Hall–Kier alpha value is 0.270. The fourth-order valence-electron chi connectivity index (χ4n) is 0.651. The van der Waals surface area contributed by atoms with Crippen LogP contribution in [0.25, 0.3) is 0 Å². The zero-order valence-corrected chi connectivity index (χ0v) is 7.62. The predicted molar refractivity (Wildman–Crippen MR) is 47.5 cm³/mol. The summed E-state index contributed by atoms with van der Waals surface area (Å²) in [4.78, 5) is 0. The molecule has 0 fully saturated rings. The average Bonchev–Trinajstić information content (AvgIpc) is 1.99. The minimum atomic E-state index is 0.621. The Kier molecular flexibility index (Phi) is 7.58. The third-order valence-corrected chi connectivity index (χ3v) is 2.76. The maximum absolute atomic E-state index is 5.50. The summed E-state index contributed by atoms with van der Waals surface area (Å²) in [7, 11) is 1.73. The molecule has 1 unspecified atom stereocenters. The normalized spacial score (nSPS) is 13.5. The van der Waals surface area contributed by atoms with Crippen molar-refractivity contribution >= 4 is 11.8 Å². The van der Waals surface area contributed by atoms with Gasteiger partial charge in [0.25, 0.3) is 0 Å². The van der Waals surface area contributed by atoms with E-state index in [2.05, 4.69) is 6.92 Å². The predicted octanol–water partition coefficient (Wildman–Crippen LogP) is 1.10. The summed E-state index contributed by atoms with van der Waals surface area (Å²) < 4.78 is 4.92. The molecule has 0 aromatic carbocycles. The number of hydrogen-bond donors (Lipinski definition) is 1. The monoisotopic (exact) mass is 163 g/mol. The van der Waals surface area contributed by atoms with E-state index in [-0.39, 0.29) is 0 Å². The first-order valence-electron chi connectivity index (χ1n) is 3.65. The van der Waals surface area contributed by atoms with Gasteiger partial charge in [0.2, 0.25) is 0 Å². The molecule has 62 valence electrons. The van der Waals surface area contributed by atoms with Gasteiger partial charge < -0.3 is 10.5 Å². The maximum Gasteiger partial charge on any atom is 0.0553 e. The van der Waals surface area contributed by atoms with Crippen LogP contribution in [-0.4, -0.2) is 31.3 Å². The third kappa shape index (κ3) is 5.09. The molecule has 0 aliphatic heterocycles. The SMILES string of the molecule is CCC(CN)SCCOC. The Morgan fingerprint density at radius 1 is 1.60 bits per heavy atom. The van der Waals surface area contributed by atoms with Crippen molar-refractivity contribution in [3.8, 4) is 0 Å². The number of methoxy groups -OCH3 is 1. The number of rotatable bonds is 6. The van der Waals surface area contributed by atoms with Gasteiger partial charge in [-0.25, -0.2) is 0 Å². The van der Waals surface area contributed by atoms with Crippen LogP contribution in [0.4, 0.5) is 0 Å². The van der Waals surface area contributed by atoms with Gasteiger partial charge in [-0.05, 0) is 6.42 Å². The lowest BCUT2D eigenvalue weighted by molar-refractivity contribution is 0.218. The second-order valence-electron chi connectivity index (χ2n) is 2.13. The molecule has 0 bridgehead atoms. The molecule has 0 aromatic rings. The maximum atomic E-state index is 5.50. The van der Waals surface area contributed by atoms with Gasteiger partial charge in [-0.2, -0.15) is 11.8 Å². The highest BCUT2D eigenvalue weighted by molar-refractivity contribution is 7.99. The Morgan fingerprint density at radius 2 is 2.30 bits per heavy atom. The van der Waals surface area contributed by atoms with E-state index in [4.69, 9.17) is 10.5 Å². The minimum absolute atomic E-state index is 0.621. The second kappa shape index (κ2) is 7.38. The van der Waals surface area contributed by atoms with Gasteiger partial charge in [0.05, 0.1) is 6.61 Å². The Balaban J connectivity index is 3.09. The van der Waals surface area contributed by atoms with E-state index in [9.17, 15) is 0 Å². The van der Waals surface area contributed by atoms with Crippen LogP contribution in [0.3, 0.4) is 0 Å². The summed E-state index contributed by atoms with van der Waals surface area (Å²) in [6.45, 7) is 3.78. The second-order valence-corrected chi connectivity index (χ2v) is 3.54. The van der Waals surface area contributed by atoms with Crippen molar-refractivity contribution in [3.05, 3.63) is 0 Å². The molecule has 0 aromatic heterocycles. The van der Waals surface area contributed by atoms with Crippen molar-refractivity contribution in [2.75, 3.05) is 26.0 Å². The molecule has 10 heavy (non-hydrogen) atoms. The highest BCUT2D eigenvalue weighted by Gasteiger charge is 2.01. The van der Waals surface area contributed by atoms with Crippen molar-refractivity contribution in [1.82, 2.24) is 0 Å². The summed E-state index contributed by atoms with van der Waals surface area (Å²) in [5.41, 5.74) is 5.50. The van der Waals surface area contributed by atoms with E-state index in [1.807, 2.05) is 11.8 Å². The summed E-state index contributed by atoms with van der Waals surface area (Å²) in [5.74, 6) is 1.06. The fraction of sp³-hybridized carbons (Fsp3) is 1.00. The number of hydrogen-bond acceptors (Lipinski definition) is 3. The van der Waals surface area contributed by atoms with Crippen molar-refractivity contribution in [3.63, 3.8) is 0 Å². The molecule has 1 atom stereocenters. The topological polar surface area (TPSA) is 35.2 Å². The Morgan fingerprint density at radius 3 is 2.70 bits per heavy atom. The van der Waals surface area contributed by atoms with E-state index < -0.39 is 0 Å². The van der Waals surface area contributed by atoms with Gasteiger partial charge in [-0.3, -0.25) is 0 Å². The van der Waals surface area contributed by atoms with Gasteiger partial charge in [0, 0.05) is 24.7 Å². The van der Waals surface area contributed by atoms with Gasteiger partial charge in [-0.15, -0.1) is 0 Å². The van der Waals surface area contributed by atoms with E-state index >= 15 is 0 Å². The first-order chi connectivity index (χ1) is 4.85. The van der Waals surface area contributed by atoms with E-state index in [0.717, 1.165) is 25.3 Å². The quantitative estimate of drug-likeness (QED) is 0.596. The van der Waals surface area contributed by atoms with Crippen molar-refractivity contribution in [2.24, 2.45) is 5.73 Å². The molecule has 0 amide bonds. The molecule has 0 spiro atoms. The molecule has 2 N–H and O–H groups in total. The average molecular weight is 163 g/mol. The molecule has 0 radical (unpaired) electrons. The van der Waals surface area contributed by atoms with Crippen molar-refractivity contribution < 1.29 is 4.74 Å². The van der Waals surface area contributed by atoms with Gasteiger partial charge in [-0.1, -0.05) is 6.92 Å². The van der Waals surface area contributed by atoms with Crippen LogP contribution in [-0.2, 0) is 4.74 Å². The number of ether oxygens (including phenoxy) is 1. The molecule has 0 saturated carbocycles. The molecule has 0 aliphatic rings. The van der Waals surface area contributed by atoms with Crippen LogP contribution in [0.1, 0.15) is 13.3 Å². The van der Waals surface area contributed by atoms with Crippen LogP contribution in [0.2, 0.25) is 0 Å². The van der Waals surface area contributed by atoms with Crippen LogP contribution < -0.4 is 5.73 Å². The summed E-state index contributed by atoms with van der Waals surface area (Å²) in [6, 6.07) is 0. The number of nitrogens with two attached hydrogens (primary N) is 1. The van der Waals surface area contributed by atoms with Gasteiger partial charge >= 0.3 is 0 Å². The summed E-state index contributed by atoms with van der Waals surface area (Å²) >= 11 is 1.90. The molecular weight excluding hydrogens is 146 g/mol. The largest absolute Gasteiger partial charge is 0.384 e. The first-order valence-corrected chi connectivity index (χ1v) is 4.70. The van der Waals surface area contributed by atoms with Crippen LogP contribution in [0, 0.1) is 0 Å². The molecule has 3 heteroatoms. The Labute approximate surface area is 67.5 Å². The lowest BCUT2D eigenvalue weighted by Gasteiger charge is -2.10. The van der Waals surface area contributed by atoms with Crippen LogP contribution in [0.5, 0.6) is 0 Å². The first kappa shape index (κ1) is 10.3.